The molecule has 1 fully saturated rings. The molecule has 2 atom stereocenters. The first-order valence-corrected chi connectivity index (χ1v) is 7.76. The van der Waals surface area contributed by atoms with Gasteiger partial charge in [0.2, 0.25) is 0 Å². The number of fused-ring (bicyclic) bond motifs is 1. The smallest absolute Gasteiger partial charge is 0.127 e. The molecule has 4 nitrogen and oxygen atoms in total. The van der Waals surface area contributed by atoms with Gasteiger partial charge in [0, 0.05) is 12.2 Å². The van der Waals surface area contributed by atoms with Crippen molar-refractivity contribution >= 4 is 11.0 Å². The number of hydrogen-bond acceptors (Lipinski definition) is 3. The Morgan fingerprint density at radius 1 is 1.45 bits per heavy atom. The highest BCUT2D eigenvalue weighted by atomic mass is 15.1. The van der Waals surface area contributed by atoms with Crippen LogP contribution in [0.25, 0.3) is 11.0 Å². The number of piperidine rings is 1. The first-order valence-electron chi connectivity index (χ1n) is 7.76. The zero-order chi connectivity index (χ0) is 14.1. The normalized spacial score (nSPS) is 23.6. The quantitative estimate of drug-likeness (QED) is 0.930. The standard InChI is InChI=1S/C16H24N4/c1-4-12-5-8-18-13(9-12)16-19-14-10-17-7-6-15(14)20(16)11(2)3/h6-7,10-13,18H,4-5,8-9H2,1-3H3. The van der Waals surface area contributed by atoms with Crippen LogP contribution in [0, 0.1) is 5.92 Å². The lowest BCUT2D eigenvalue weighted by Gasteiger charge is -2.30. The fourth-order valence-corrected chi connectivity index (χ4v) is 3.32. The molecule has 0 aromatic carbocycles. The van der Waals surface area contributed by atoms with E-state index in [1.165, 1.54) is 30.6 Å². The molecule has 2 aromatic heterocycles. The van der Waals surface area contributed by atoms with Crippen LogP contribution < -0.4 is 5.32 Å². The van der Waals surface area contributed by atoms with Crippen LogP contribution in [0.4, 0.5) is 0 Å². The molecule has 0 saturated carbocycles. The summed E-state index contributed by atoms with van der Waals surface area (Å²) in [5.74, 6) is 2.00. The lowest BCUT2D eigenvalue weighted by atomic mass is 9.90. The molecule has 1 aliphatic heterocycles. The molecule has 0 bridgehead atoms. The van der Waals surface area contributed by atoms with E-state index in [-0.39, 0.29) is 0 Å². The Morgan fingerprint density at radius 2 is 2.30 bits per heavy atom. The molecule has 3 heterocycles. The van der Waals surface area contributed by atoms with Crippen molar-refractivity contribution in [3.8, 4) is 0 Å². The van der Waals surface area contributed by atoms with Crippen LogP contribution in [0.1, 0.15) is 57.9 Å². The van der Waals surface area contributed by atoms with E-state index in [0.29, 0.717) is 12.1 Å². The van der Waals surface area contributed by atoms with E-state index in [1.54, 1.807) is 0 Å². The van der Waals surface area contributed by atoms with Crippen LogP contribution in [0.5, 0.6) is 0 Å². The first kappa shape index (κ1) is 13.6. The monoisotopic (exact) mass is 272 g/mol. The maximum Gasteiger partial charge on any atom is 0.127 e. The topological polar surface area (TPSA) is 42.7 Å². The second-order valence-corrected chi connectivity index (χ2v) is 6.10. The highest BCUT2D eigenvalue weighted by Gasteiger charge is 2.27. The molecular weight excluding hydrogens is 248 g/mol. The molecule has 1 saturated heterocycles. The Labute approximate surface area is 120 Å². The Kier molecular flexibility index (Phi) is 3.74. The number of nitrogens with one attached hydrogen (secondary N) is 1. The lowest BCUT2D eigenvalue weighted by Crippen LogP contribution is -2.33. The van der Waals surface area contributed by atoms with Gasteiger partial charge in [0.25, 0.3) is 0 Å². The highest BCUT2D eigenvalue weighted by molar-refractivity contribution is 5.75. The maximum absolute atomic E-state index is 4.86. The molecule has 3 rings (SSSR count). The van der Waals surface area contributed by atoms with Crippen LogP contribution in [-0.2, 0) is 0 Å². The van der Waals surface area contributed by atoms with Crippen molar-refractivity contribution in [3.05, 3.63) is 24.3 Å². The molecule has 2 unspecified atom stereocenters. The molecule has 1 aliphatic rings. The van der Waals surface area contributed by atoms with Gasteiger partial charge in [-0.2, -0.15) is 0 Å². The third kappa shape index (κ3) is 2.33. The average molecular weight is 272 g/mol. The summed E-state index contributed by atoms with van der Waals surface area (Å²) in [5, 5.41) is 3.65. The lowest BCUT2D eigenvalue weighted by molar-refractivity contribution is 0.284. The van der Waals surface area contributed by atoms with Gasteiger partial charge in [0.1, 0.15) is 11.3 Å². The number of aromatic nitrogens is 3. The van der Waals surface area contributed by atoms with E-state index in [2.05, 4.69) is 41.7 Å². The minimum absolute atomic E-state index is 0.378. The minimum atomic E-state index is 0.378. The van der Waals surface area contributed by atoms with Gasteiger partial charge in [-0.05, 0) is 45.2 Å². The molecule has 0 aliphatic carbocycles. The third-order valence-corrected chi connectivity index (χ3v) is 4.44. The van der Waals surface area contributed by atoms with Crippen molar-refractivity contribution in [3.63, 3.8) is 0 Å². The second-order valence-electron chi connectivity index (χ2n) is 6.10. The van der Waals surface area contributed by atoms with Gasteiger partial charge in [0.05, 0.1) is 17.8 Å². The summed E-state index contributed by atoms with van der Waals surface area (Å²) >= 11 is 0. The van der Waals surface area contributed by atoms with Gasteiger partial charge in [-0.15, -0.1) is 0 Å². The van der Waals surface area contributed by atoms with Crippen LogP contribution in [0.15, 0.2) is 18.5 Å². The fraction of sp³-hybridized carbons (Fsp3) is 0.625. The maximum atomic E-state index is 4.86. The summed E-state index contributed by atoms with van der Waals surface area (Å²) in [7, 11) is 0. The van der Waals surface area contributed by atoms with Gasteiger partial charge < -0.3 is 9.88 Å². The molecular formula is C16H24N4. The minimum Gasteiger partial charge on any atom is -0.324 e. The number of imidazole rings is 1. The first-order chi connectivity index (χ1) is 9.70. The van der Waals surface area contributed by atoms with Crippen molar-refractivity contribution < 1.29 is 0 Å². The van der Waals surface area contributed by atoms with Crippen molar-refractivity contribution in [2.24, 2.45) is 5.92 Å². The summed E-state index contributed by atoms with van der Waals surface area (Å²) < 4.78 is 2.37. The fourth-order valence-electron chi connectivity index (χ4n) is 3.32. The van der Waals surface area contributed by atoms with E-state index in [4.69, 9.17) is 4.98 Å². The molecule has 108 valence electrons. The van der Waals surface area contributed by atoms with Gasteiger partial charge in [-0.25, -0.2) is 4.98 Å². The summed E-state index contributed by atoms with van der Waals surface area (Å²) in [6.07, 6.45) is 7.48. The number of pyridine rings is 1. The van der Waals surface area contributed by atoms with Crippen LogP contribution in [0.2, 0.25) is 0 Å². The molecule has 0 radical (unpaired) electrons. The summed E-state index contributed by atoms with van der Waals surface area (Å²) in [6.45, 7) is 7.85. The SMILES string of the molecule is CCC1CCNC(c2nc3cnccc3n2C(C)C)C1. The van der Waals surface area contributed by atoms with E-state index >= 15 is 0 Å². The van der Waals surface area contributed by atoms with E-state index in [1.807, 2.05) is 12.4 Å². The van der Waals surface area contributed by atoms with Gasteiger partial charge in [0.15, 0.2) is 0 Å². The van der Waals surface area contributed by atoms with Crippen molar-refractivity contribution in [2.45, 2.75) is 52.1 Å². The predicted molar refractivity (Wildman–Crippen MR) is 81.7 cm³/mol. The van der Waals surface area contributed by atoms with E-state index < -0.39 is 0 Å². The zero-order valence-corrected chi connectivity index (χ0v) is 12.6. The Bertz CT molecular complexity index is 587. The van der Waals surface area contributed by atoms with Crippen molar-refractivity contribution in [2.75, 3.05) is 6.54 Å². The van der Waals surface area contributed by atoms with E-state index in [0.717, 1.165) is 18.0 Å². The summed E-state index contributed by atoms with van der Waals surface area (Å²) in [6, 6.07) is 2.87. The largest absolute Gasteiger partial charge is 0.324 e. The highest BCUT2D eigenvalue weighted by Crippen LogP contribution is 2.32. The van der Waals surface area contributed by atoms with Gasteiger partial charge >= 0.3 is 0 Å². The third-order valence-electron chi connectivity index (χ3n) is 4.44. The predicted octanol–water partition coefficient (Wildman–Crippen LogP) is 3.46. The summed E-state index contributed by atoms with van der Waals surface area (Å²) in [4.78, 5) is 9.07. The van der Waals surface area contributed by atoms with Crippen molar-refractivity contribution in [1.29, 1.82) is 0 Å². The zero-order valence-electron chi connectivity index (χ0n) is 12.6. The van der Waals surface area contributed by atoms with Crippen molar-refractivity contribution in [1.82, 2.24) is 19.9 Å². The molecule has 20 heavy (non-hydrogen) atoms. The molecule has 0 amide bonds. The number of nitrogens with zero attached hydrogens (tertiary/aromatic N) is 3. The molecule has 1 N–H and O–H groups in total. The molecule has 2 aromatic rings. The van der Waals surface area contributed by atoms with Crippen LogP contribution in [0.3, 0.4) is 0 Å². The average Bonchev–Trinajstić information content (AvgIpc) is 2.87. The number of hydrogen-bond donors (Lipinski definition) is 1. The Hall–Kier alpha value is -1.42. The van der Waals surface area contributed by atoms with Gasteiger partial charge in [-0.3, -0.25) is 4.98 Å². The van der Waals surface area contributed by atoms with Gasteiger partial charge in [-0.1, -0.05) is 13.3 Å². The molecule has 0 spiro atoms. The Balaban J connectivity index is 2.03. The number of rotatable bonds is 3. The van der Waals surface area contributed by atoms with Crippen LogP contribution in [-0.4, -0.2) is 21.1 Å². The van der Waals surface area contributed by atoms with E-state index in [9.17, 15) is 0 Å². The summed E-state index contributed by atoms with van der Waals surface area (Å²) in [5.41, 5.74) is 2.21. The van der Waals surface area contributed by atoms with Crippen LogP contribution >= 0.6 is 0 Å². The molecule has 4 heteroatoms. The second kappa shape index (κ2) is 5.52. The Morgan fingerprint density at radius 3 is 3.05 bits per heavy atom.